The Morgan fingerprint density at radius 1 is 1.25 bits per heavy atom. The summed E-state index contributed by atoms with van der Waals surface area (Å²) in [7, 11) is -2.81. The Bertz CT molecular complexity index is 522. The van der Waals surface area contributed by atoms with E-state index in [0.29, 0.717) is 11.5 Å². The van der Waals surface area contributed by atoms with Crippen LogP contribution in [0.3, 0.4) is 0 Å². The first-order valence-electron chi connectivity index (χ1n) is 7.50. The van der Waals surface area contributed by atoms with Crippen molar-refractivity contribution in [2.24, 2.45) is 0 Å². The van der Waals surface area contributed by atoms with E-state index in [4.69, 9.17) is 0 Å². The predicted molar refractivity (Wildman–Crippen MR) is 83.6 cm³/mol. The fourth-order valence-electron chi connectivity index (χ4n) is 2.74. The van der Waals surface area contributed by atoms with E-state index in [1.807, 2.05) is 0 Å². The summed E-state index contributed by atoms with van der Waals surface area (Å²) in [6.45, 7) is 6.11. The monoisotopic (exact) mass is 295 g/mol. The largest absolute Gasteiger partial charge is 0.295 e. The van der Waals surface area contributed by atoms with E-state index < -0.39 is 9.84 Å². The van der Waals surface area contributed by atoms with E-state index >= 15 is 0 Å². The van der Waals surface area contributed by atoms with E-state index in [0.717, 1.165) is 32.4 Å². The molecule has 20 heavy (non-hydrogen) atoms. The Morgan fingerprint density at radius 2 is 1.95 bits per heavy atom. The maximum absolute atomic E-state index is 11.7. The summed E-state index contributed by atoms with van der Waals surface area (Å²) in [4.78, 5) is 2.36. The van der Waals surface area contributed by atoms with Gasteiger partial charge < -0.3 is 0 Å². The third-order valence-corrected chi connectivity index (χ3v) is 5.78. The Kier molecular flexibility index (Phi) is 5.22. The molecule has 1 aromatic rings. The zero-order valence-electron chi connectivity index (χ0n) is 12.5. The van der Waals surface area contributed by atoms with Crippen molar-refractivity contribution < 1.29 is 8.42 Å². The van der Waals surface area contributed by atoms with Crippen LogP contribution in [-0.2, 0) is 16.4 Å². The first-order valence-corrected chi connectivity index (χ1v) is 9.32. The molecule has 0 spiro atoms. The molecule has 0 bridgehead atoms. The van der Waals surface area contributed by atoms with E-state index in [1.54, 1.807) is 0 Å². The van der Waals surface area contributed by atoms with Gasteiger partial charge in [-0.25, -0.2) is 8.42 Å². The minimum atomic E-state index is -2.81. The molecule has 1 aromatic carbocycles. The second kappa shape index (κ2) is 6.72. The number of rotatable bonds is 6. The maximum atomic E-state index is 11.7. The molecule has 2 rings (SSSR count). The highest BCUT2D eigenvalue weighted by molar-refractivity contribution is 7.91. The Balaban J connectivity index is 2.05. The smallest absolute Gasteiger partial charge is 0.151 e. The molecule has 112 valence electrons. The molecule has 1 aliphatic rings. The molecule has 3 nitrogen and oxygen atoms in total. The highest BCUT2D eigenvalue weighted by atomic mass is 32.2. The van der Waals surface area contributed by atoms with Gasteiger partial charge in [0.2, 0.25) is 0 Å². The topological polar surface area (TPSA) is 37.4 Å². The molecule has 0 N–H and O–H groups in total. The molecule has 1 aliphatic heterocycles. The fraction of sp³-hybridized carbons (Fsp3) is 0.625. The van der Waals surface area contributed by atoms with Crippen LogP contribution >= 0.6 is 0 Å². The molecule has 0 aliphatic carbocycles. The maximum Gasteiger partial charge on any atom is 0.151 e. The molecular weight excluding hydrogens is 270 g/mol. The molecule has 1 fully saturated rings. The third kappa shape index (κ3) is 4.32. The summed E-state index contributed by atoms with van der Waals surface area (Å²) in [6.07, 6.45) is 3.06. The normalized spacial score (nSPS) is 21.4. The summed E-state index contributed by atoms with van der Waals surface area (Å²) in [5, 5.41) is 0. The Morgan fingerprint density at radius 3 is 2.50 bits per heavy atom. The first kappa shape index (κ1) is 15.5. The van der Waals surface area contributed by atoms with Crippen LogP contribution in [0.15, 0.2) is 24.3 Å². The molecule has 1 saturated heterocycles. The highest BCUT2D eigenvalue weighted by Gasteiger charge is 2.31. The standard InChI is InChI=1S/C16H25NO2S/c1-3-4-10-17(16-9-11-20(18,19)13-16)12-15-7-5-14(2)6-8-15/h5-8,16H,3-4,9-13H2,1-2H3/t16-/m0/s1. The van der Waals surface area contributed by atoms with Gasteiger partial charge >= 0.3 is 0 Å². The molecular formula is C16H25NO2S. The van der Waals surface area contributed by atoms with Crippen molar-refractivity contribution in [3.63, 3.8) is 0 Å². The van der Waals surface area contributed by atoms with Crippen LogP contribution in [0.25, 0.3) is 0 Å². The molecule has 0 aromatic heterocycles. The van der Waals surface area contributed by atoms with Crippen molar-refractivity contribution in [1.82, 2.24) is 4.90 Å². The van der Waals surface area contributed by atoms with E-state index in [9.17, 15) is 8.42 Å². The molecule has 0 saturated carbocycles. The van der Waals surface area contributed by atoms with Gasteiger partial charge in [0.1, 0.15) is 0 Å². The zero-order chi connectivity index (χ0) is 14.6. The molecule has 0 unspecified atom stereocenters. The summed E-state index contributed by atoms with van der Waals surface area (Å²) in [6, 6.07) is 8.75. The van der Waals surface area contributed by atoms with Crippen molar-refractivity contribution in [3.05, 3.63) is 35.4 Å². The van der Waals surface area contributed by atoms with Crippen molar-refractivity contribution in [3.8, 4) is 0 Å². The van der Waals surface area contributed by atoms with Crippen LogP contribution < -0.4 is 0 Å². The molecule has 1 heterocycles. The summed E-state index contributed by atoms with van der Waals surface area (Å²) >= 11 is 0. The number of sulfone groups is 1. The Hall–Kier alpha value is -0.870. The number of unbranched alkanes of at least 4 members (excludes halogenated alkanes) is 1. The van der Waals surface area contributed by atoms with Crippen molar-refractivity contribution >= 4 is 9.84 Å². The number of hydrogen-bond donors (Lipinski definition) is 0. The van der Waals surface area contributed by atoms with Gasteiger partial charge in [0.15, 0.2) is 9.84 Å². The number of benzene rings is 1. The first-order chi connectivity index (χ1) is 9.50. The third-order valence-electron chi connectivity index (χ3n) is 4.03. The Labute approximate surface area is 122 Å². The van der Waals surface area contributed by atoms with Crippen LogP contribution in [-0.4, -0.2) is 37.4 Å². The predicted octanol–water partition coefficient (Wildman–Crippen LogP) is 2.78. The van der Waals surface area contributed by atoms with Gasteiger partial charge in [-0.3, -0.25) is 4.90 Å². The molecule has 0 amide bonds. The van der Waals surface area contributed by atoms with Gasteiger partial charge in [0.05, 0.1) is 11.5 Å². The summed E-state index contributed by atoms with van der Waals surface area (Å²) < 4.78 is 23.4. The van der Waals surface area contributed by atoms with Gasteiger partial charge in [-0.05, 0) is 31.9 Å². The minimum absolute atomic E-state index is 0.202. The lowest BCUT2D eigenvalue weighted by Crippen LogP contribution is -2.36. The number of nitrogens with zero attached hydrogens (tertiary/aromatic N) is 1. The van der Waals surface area contributed by atoms with Gasteiger partial charge in [0.25, 0.3) is 0 Å². The average molecular weight is 295 g/mol. The van der Waals surface area contributed by atoms with E-state index in [-0.39, 0.29) is 6.04 Å². The molecule has 0 radical (unpaired) electrons. The second-order valence-electron chi connectivity index (χ2n) is 5.87. The molecule has 1 atom stereocenters. The lowest BCUT2D eigenvalue weighted by molar-refractivity contribution is 0.200. The van der Waals surface area contributed by atoms with Crippen LogP contribution in [0.5, 0.6) is 0 Å². The molecule has 4 heteroatoms. The van der Waals surface area contributed by atoms with Crippen molar-refractivity contribution in [2.45, 2.75) is 45.7 Å². The highest BCUT2D eigenvalue weighted by Crippen LogP contribution is 2.20. The van der Waals surface area contributed by atoms with Crippen LogP contribution in [0.2, 0.25) is 0 Å². The zero-order valence-corrected chi connectivity index (χ0v) is 13.3. The van der Waals surface area contributed by atoms with Gasteiger partial charge in [0, 0.05) is 12.6 Å². The quantitative estimate of drug-likeness (QED) is 0.810. The van der Waals surface area contributed by atoms with E-state index in [1.165, 1.54) is 11.1 Å². The SMILES string of the molecule is CCCCN(Cc1ccc(C)cc1)[C@H]1CCS(=O)(=O)C1. The summed E-state index contributed by atoms with van der Waals surface area (Å²) in [5.41, 5.74) is 2.54. The van der Waals surface area contributed by atoms with Gasteiger partial charge in [-0.15, -0.1) is 0 Å². The van der Waals surface area contributed by atoms with Gasteiger partial charge in [-0.1, -0.05) is 43.2 Å². The lowest BCUT2D eigenvalue weighted by Gasteiger charge is -2.28. The number of aryl methyl sites for hydroxylation is 1. The fourth-order valence-corrected chi connectivity index (χ4v) is 4.50. The van der Waals surface area contributed by atoms with Crippen molar-refractivity contribution in [1.29, 1.82) is 0 Å². The number of hydrogen-bond acceptors (Lipinski definition) is 3. The van der Waals surface area contributed by atoms with Crippen LogP contribution in [0.4, 0.5) is 0 Å². The van der Waals surface area contributed by atoms with Gasteiger partial charge in [-0.2, -0.15) is 0 Å². The van der Waals surface area contributed by atoms with Crippen LogP contribution in [0.1, 0.15) is 37.3 Å². The average Bonchev–Trinajstić information content (AvgIpc) is 2.77. The van der Waals surface area contributed by atoms with Crippen molar-refractivity contribution in [2.75, 3.05) is 18.1 Å². The minimum Gasteiger partial charge on any atom is -0.295 e. The van der Waals surface area contributed by atoms with E-state index in [2.05, 4.69) is 43.0 Å². The lowest BCUT2D eigenvalue weighted by atomic mass is 10.1. The summed E-state index contributed by atoms with van der Waals surface area (Å²) in [5.74, 6) is 0.691. The second-order valence-corrected chi connectivity index (χ2v) is 8.10. The van der Waals surface area contributed by atoms with Crippen LogP contribution in [0, 0.1) is 6.92 Å².